The van der Waals surface area contributed by atoms with Gasteiger partial charge in [0.1, 0.15) is 18.5 Å². The lowest BCUT2D eigenvalue weighted by molar-refractivity contribution is -0.119. The zero-order chi connectivity index (χ0) is 20.3. The van der Waals surface area contributed by atoms with Crippen LogP contribution in [0.2, 0.25) is 0 Å². The van der Waals surface area contributed by atoms with E-state index in [2.05, 4.69) is 5.32 Å². The third-order valence-corrected chi connectivity index (χ3v) is 7.13. The largest absolute Gasteiger partial charge is 0.491 e. The van der Waals surface area contributed by atoms with Crippen LogP contribution < -0.4 is 10.1 Å². The highest BCUT2D eigenvalue weighted by molar-refractivity contribution is 7.89. The van der Waals surface area contributed by atoms with E-state index in [0.29, 0.717) is 26.1 Å². The molecule has 0 bridgehead atoms. The minimum atomic E-state index is -3.61. The molecular weight excluding hydrogens is 392 g/mol. The van der Waals surface area contributed by atoms with Crippen molar-refractivity contribution in [3.63, 3.8) is 0 Å². The number of carbonyl (C=O) groups is 1. The monoisotopic (exact) mass is 416 g/mol. The van der Waals surface area contributed by atoms with Crippen LogP contribution in [-0.2, 0) is 19.6 Å². The Bertz CT molecular complexity index is 947. The fourth-order valence-electron chi connectivity index (χ4n) is 3.62. The predicted octanol–water partition coefficient (Wildman–Crippen LogP) is 1.76. The molecule has 2 aromatic rings. The lowest BCUT2D eigenvalue weighted by Crippen LogP contribution is -2.47. The summed E-state index contributed by atoms with van der Waals surface area (Å²) in [6.45, 7) is 1.77. The van der Waals surface area contributed by atoms with Crippen molar-refractivity contribution in [3.8, 4) is 5.75 Å². The first-order chi connectivity index (χ1) is 14.0. The number of para-hydroxylation sites is 1. The van der Waals surface area contributed by atoms with Gasteiger partial charge in [-0.3, -0.25) is 4.79 Å². The van der Waals surface area contributed by atoms with Crippen molar-refractivity contribution in [2.75, 3.05) is 32.8 Å². The SMILES string of the molecule is O=C1CC(c2ccc(S(=O)(=O)N3CCOC(COc4ccccc4)C3)cc2)CN1. The van der Waals surface area contributed by atoms with Gasteiger partial charge >= 0.3 is 0 Å². The second-order valence-electron chi connectivity index (χ2n) is 7.25. The van der Waals surface area contributed by atoms with Crippen molar-refractivity contribution in [1.29, 1.82) is 0 Å². The molecule has 2 unspecified atom stereocenters. The van der Waals surface area contributed by atoms with E-state index in [1.54, 1.807) is 24.3 Å². The number of rotatable bonds is 6. The molecule has 2 atom stereocenters. The number of nitrogens with one attached hydrogen (secondary N) is 1. The molecule has 2 aliphatic heterocycles. The van der Waals surface area contributed by atoms with Gasteiger partial charge in [0.05, 0.1) is 11.5 Å². The number of carbonyl (C=O) groups excluding carboxylic acids is 1. The van der Waals surface area contributed by atoms with E-state index < -0.39 is 10.0 Å². The van der Waals surface area contributed by atoms with Gasteiger partial charge in [0.2, 0.25) is 15.9 Å². The summed E-state index contributed by atoms with van der Waals surface area (Å²) >= 11 is 0. The van der Waals surface area contributed by atoms with Crippen molar-refractivity contribution in [2.24, 2.45) is 0 Å². The average Bonchev–Trinajstić information content (AvgIpc) is 3.20. The summed E-state index contributed by atoms with van der Waals surface area (Å²) < 4.78 is 39.0. The topological polar surface area (TPSA) is 84.9 Å². The molecule has 1 amide bonds. The Labute approximate surface area is 170 Å². The van der Waals surface area contributed by atoms with Gasteiger partial charge in [-0.05, 0) is 29.8 Å². The van der Waals surface area contributed by atoms with Crippen LogP contribution in [0.1, 0.15) is 17.9 Å². The number of hydrogen-bond donors (Lipinski definition) is 1. The second-order valence-corrected chi connectivity index (χ2v) is 9.19. The Morgan fingerprint density at radius 3 is 2.55 bits per heavy atom. The van der Waals surface area contributed by atoms with Crippen LogP contribution in [0.25, 0.3) is 0 Å². The van der Waals surface area contributed by atoms with E-state index in [9.17, 15) is 13.2 Å². The molecule has 2 aliphatic rings. The molecule has 0 saturated carbocycles. The van der Waals surface area contributed by atoms with E-state index >= 15 is 0 Å². The number of hydrogen-bond acceptors (Lipinski definition) is 5. The second kappa shape index (κ2) is 8.52. The fourth-order valence-corrected chi connectivity index (χ4v) is 5.07. The number of benzene rings is 2. The van der Waals surface area contributed by atoms with E-state index in [1.165, 1.54) is 4.31 Å². The molecule has 2 saturated heterocycles. The average molecular weight is 416 g/mol. The quantitative estimate of drug-likeness (QED) is 0.776. The Kier molecular flexibility index (Phi) is 5.84. The predicted molar refractivity (Wildman–Crippen MR) is 107 cm³/mol. The van der Waals surface area contributed by atoms with Gasteiger partial charge in [-0.1, -0.05) is 30.3 Å². The molecule has 4 rings (SSSR count). The van der Waals surface area contributed by atoms with Gasteiger partial charge in [0.15, 0.2) is 0 Å². The van der Waals surface area contributed by atoms with Crippen molar-refractivity contribution in [1.82, 2.24) is 9.62 Å². The van der Waals surface area contributed by atoms with Crippen molar-refractivity contribution < 1.29 is 22.7 Å². The minimum absolute atomic E-state index is 0.0313. The Balaban J connectivity index is 1.40. The highest BCUT2D eigenvalue weighted by Crippen LogP contribution is 2.26. The number of nitrogens with zero attached hydrogens (tertiary/aromatic N) is 1. The molecule has 0 aliphatic carbocycles. The molecule has 2 heterocycles. The standard InChI is InChI=1S/C21H24N2O5S/c24-21-12-17(13-22-21)16-6-8-20(9-7-16)29(25,26)23-10-11-27-19(14-23)15-28-18-4-2-1-3-5-18/h1-9,17,19H,10-15H2,(H,22,24). The Morgan fingerprint density at radius 1 is 1.10 bits per heavy atom. The normalized spacial score (nSPS) is 23.0. The molecular formula is C21H24N2O5S. The molecule has 0 aromatic heterocycles. The summed E-state index contributed by atoms with van der Waals surface area (Å²) in [5, 5.41) is 2.80. The first kappa shape index (κ1) is 19.9. The Hall–Kier alpha value is -2.42. The smallest absolute Gasteiger partial charge is 0.243 e. The molecule has 7 nitrogen and oxygen atoms in total. The van der Waals surface area contributed by atoms with Gasteiger partial charge in [0.25, 0.3) is 0 Å². The van der Waals surface area contributed by atoms with Crippen molar-refractivity contribution in [3.05, 3.63) is 60.2 Å². The van der Waals surface area contributed by atoms with Crippen molar-refractivity contribution >= 4 is 15.9 Å². The molecule has 0 radical (unpaired) electrons. The highest BCUT2D eigenvalue weighted by atomic mass is 32.2. The van der Waals surface area contributed by atoms with Crippen LogP contribution in [-0.4, -0.2) is 57.6 Å². The molecule has 8 heteroatoms. The highest BCUT2D eigenvalue weighted by Gasteiger charge is 2.31. The van der Waals surface area contributed by atoms with Crippen LogP contribution in [0.4, 0.5) is 0 Å². The first-order valence-electron chi connectivity index (χ1n) is 9.68. The lowest BCUT2D eigenvalue weighted by Gasteiger charge is -2.32. The van der Waals surface area contributed by atoms with Crippen LogP contribution in [0.3, 0.4) is 0 Å². The summed E-state index contributed by atoms with van der Waals surface area (Å²) in [6.07, 6.45) is 0.118. The van der Waals surface area contributed by atoms with Gasteiger partial charge in [-0.2, -0.15) is 4.31 Å². The number of sulfonamides is 1. The molecule has 2 fully saturated rings. The van der Waals surface area contributed by atoms with E-state index in [4.69, 9.17) is 9.47 Å². The maximum absolute atomic E-state index is 13.1. The van der Waals surface area contributed by atoms with E-state index in [1.807, 2.05) is 30.3 Å². The molecule has 0 spiro atoms. The van der Waals surface area contributed by atoms with Crippen LogP contribution in [0.15, 0.2) is 59.5 Å². The third kappa shape index (κ3) is 4.60. The number of morpholine rings is 1. The van der Waals surface area contributed by atoms with Gasteiger partial charge < -0.3 is 14.8 Å². The molecule has 29 heavy (non-hydrogen) atoms. The van der Waals surface area contributed by atoms with E-state index in [0.717, 1.165) is 11.3 Å². The first-order valence-corrected chi connectivity index (χ1v) is 11.1. The molecule has 154 valence electrons. The zero-order valence-corrected chi connectivity index (χ0v) is 16.8. The number of amides is 1. The van der Waals surface area contributed by atoms with Crippen LogP contribution >= 0.6 is 0 Å². The molecule has 1 N–H and O–H groups in total. The Morgan fingerprint density at radius 2 is 1.86 bits per heavy atom. The van der Waals surface area contributed by atoms with Crippen LogP contribution in [0.5, 0.6) is 5.75 Å². The van der Waals surface area contributed by atoms with Crippen molar-refractivity contribution in [2.45, 2.75) is 23.3 Å². The fraction of sp³-hybridized carbons (Fsp3) is 0.381. The molecule has 2 aromatic carbocycles. The van der Waals surface area contributed by atoms with E-state index in [-0.39, 0.29) is 36.0 Å². The summed E-state index contributed by atoms with van der Waals surface area (Å²) in [7, 11) is -3.61. The van der Waals surface area contributed by atoms with Gasteiger partial charge in [-0.15, -0.1) is 0 Å². The summed E-state index contributed by atoms with van der Waals surface area (Å²) in [6, 6.07) is 16.2. The summed E-state index contributed by atoms with van der Waals surface area (Å²) in [5.74, 6) is 0.859. The number of ether oxygens (including phenoxy) is 2. The summed E-state index contributed by atoms with van der Waals surface area (Å²) in [4.78, 5) is 11.7. The summed E-state index contributed by atoms with van der Waals surface area (Å²) in [5.41, 5.74) is 0.971. The maximum atomic E-state index is 13.1. The zero-order valence-electron chi connectivity index (χ0n) is 16.0. The lowest BCUT2D eigenvalue weighted by atomic mass is 9.99. The minimum Gasteiger partial charge on any atom is -0.491 e. The van der Waals surface area contributed by atoms with Gasteiger partial charge in [-0.25, -0.2) is 8.42 Å². The third-order valence-electron chi connectivity index (χ3n) is 5.25. The van der Waals surface area contributed by atoms with Crippen LogP contribution in [0, 0.1) is 0 Å². The van der Waals surface area contributed by atoms with Gasteiger partial charge in [0, 0.05) is 32.0 Å². The maximum Gasteiger partial charge on any atom is 0.243 e.